The first-order chi connectivity index (χ1) is 14.8. The van der Waals surface area contributed by atoms with Gasteiger partial charge < -0.3 is 15.0 Å². The molecule has 3 rings (SSSR count). The third kappa shape index (κ3) is 6.44. The van der Waals surface area contributed by atoms with Gasteiger partial charge in [0.1, 0.15) is 5.75 Å². The van der Waals surface area contributed by atoms with Gasteiger partial charge in [-0.3, -0.25) is 9.59 Å². The number of para-hydroxylation sites is 1. The third-order valence-corrected chi connectivity index (χ3v) is 8.00. The summed E-state index contributed by atoms with van der Waals surface area (Å²) >= 11 is 0. The molecule has 0 saturated carbocycles. The fourth-order valence-electron chi connectivity index (χ4n) is 3.98. The topological polar surface area (TPSA) is 58.6 Å². The Morgan fingerprint density at radius 2 is 1.65 bits per heavy atom. The summed E-state index contributed by atoms with van der Waals surface area (Å²) in [6.07, 6.45) is 2.32. The van der Waals surface area contributed by atoms with Crippen LogP contribution in [0.25, 0.3) is 0 Å². The van der Waals surface area contributed by atoms with Crippen LogP contribution in [0.2, 0.25) is 19.6 Å². The summed E-state index contributed by atoms with van der Waals surface area (Å²) < 4.78 is 5.35. The molecule has 31 heavy (non-hydrogen) atoms. The van der Waals surface area contributed by atoms with Crippen LogP contribution in [0.3, 0.4) is 0 Å². The molecule has 1 N–H and O–H groups in total. The molecule has 5 nitrogen and oxygen atoms in total. The van der Waals surface area contributed by atoms with E-state index in [1.807, 2.05) is 29.2 Å². The van der Waals surface area contributed by atoms with E-state index in [4.69, 9.17) is 4.74 Å². The SMILES string of the molecule is COc1ccccc1CC(=O)N1CCC(NC(=O)Cc2ccc([Si](C)(C)C)cc2)CC1. The monoisotopic (exact) mass is 438 g/mol. The van der Waals surface area contributed by atoms with E-state index in [0.29, 0.717) is 25.9 Å². The molecule has 0 spiro atoms. The van der Waals surface area contributed by atoms with Crippen molar-refractivity contribution in [2.75, 3.05) is 20.2 Å². The summed E-state index contributed by atoms with van der Waals surface area (Å²) in [5.41, 5.74) is 1.95. The molecule has 2 aromatic carbocycles. The highest BCUT2D eigenvalue weighted by Crippen LogP contribution is 2.20. The van der Waals surface area contributed by atoms with Gasteiger partial charge in [-0.25, -0.2) is 0 Å². The van der Waals surface area contributed by atoms with Gasteiger partial charge in [0.15, 0.2) is 0 Å². The number of carbonyl (C=O) groups excluding carboxylic acids is 2. The van der Waals surface area contributed by atoms with Crippen molar-refractivity contribution in [2.24, 2.45) is 0 Å². The van der Waals surface area contributed by atoms with Gasteiger partial charge in [-0.1, -0.05) is 67.3 Å². The largest absolute Gasteiger partial charge is 0.496 e. The van der Waals surface area contributed by atoms with Gasteiger partial charge in [-0.05, 0) is 24.5 Å². The molecule has 2 aromatic rings. The quantitative estimate of drug-likeness (QED) is 0.676. The number of ether oxygens (including phenoxy) is 1. The maximum absolute atomic E-state index is 12.7. The number of rotatable bonds is 7. The molecule has 1 aliphatic rings. The Morgan fingerprint density at radius 1 is 1.00 bits per heavy atom. The molecule has 6 heteroatoms. The first kappa shape index (κ1) is 23.1. The molecule has 0 bridgehead atoms. The van der Waals surface area contributed by atoms with Crippen molar-refractivity contribution in [1.29, 1.82) is 0 Å². The molecule has 1 fully saturated rings. The predicted octanol–water partition coefficient (Wildman–Crippen LogP) is 3.13. The van der Waals surface area contributed by atoms with Gasteiger partial charge in [0, 0.05) is 24.7 Å². The molecule has 0 aliphatic carbocycles. The van der Waals surface area contributed by atoms with Crippen molar-refractivity contribution >= 4 is 25.1 Å². The van der Waals surface area contributed by atoms with Crippen LogP contribution in [-0.2, 0) is 22.4 Å². The van der Waals surface area contributed by atoms with E-state index in [9.17, 15) is 9.59 Å². The van der Waals surface area contributed by atoms with Gasteiger partial charge >= 0.3 is 0 Å². The zero-order valence-corrected chi connectivity index (χ0v) is 20.1. The Balaban J connectivity index is 1.45. The summed E-state index contributed by atoms with van der Waals surface area (Å²) in [5, 5.41) is 4.56. The van der Waals surface area contributed by atoms with Crippen molar-refractivity contribution in [1.82, 2.24) is 10.2 Å². The van der Waals surface area contributed by atoms with E-state index >= 15 is 0 Å². The van der Waals surface area contributed by atoms with Gasteiger partial charge in [0.2, 0.25) is 11.8 Å². The molecular formula is C25H34N2O3Si. The minimum Gasteiger partial charge on any atom is -0.496 e. The van der Waals surface area contributed by atoms with E-state index in [0.717, 1.165) is 29.7 Å². The number of hydrogen-bond donors (Lipinski definition) is 1. The highest BCUT2D eigenvalue weighted by molar-refractivity contribution is 6.88. The minimum absolute atomic E-state index is 0.0551. The van der Waals surface area contributed by atoms with Crippen LogP contribution in [0.1, 0.15) is 24.0 Å². The standard InChI is InChI=1S/C25H34N2O3Si/c1-30-23-8-6-5-7-20(23)18-25(29)27-15-13-21(14-16-27)26-24(28)17-19-9-11-22(12-10-19)31(2,3)4/h5-12,21H,13-18H2,1-4H3,(H,26,28). The second-order valence-corrected chi connectivity index (χ2v) is 14.4. The van der Waals surface area contributed by atoms with E-state index in [1.54, 1.807) is 7.11 Å². The lowest BCUT2D eigenvalue weighted by atomic mass is 10.0. The second kappa shape index (κ2) is 10.1. The van der Waals surface area contributed by atoms with Crippen LogP contribution in [0.4, 0.5) is 0 Å². The molecule has 0 aromatic heterocycles. The number of hydrogen-bond acceptors (Lipinski definition) is 3. The lowest BCUT2D eigenvalue weighted by Gasteiger charge is -2.32. The number of nitrogens with zero attached hydrogens (tertiary/aromatic N) is 1. The van der Waals surface area contributed by atoms with Crippen LogP contribution >= 0.6 is 0 Å². The van der Waals surface area contributed by atoms with Gasteiger partial charge in [0.25, 0.3) is 0 Å². The normalized spacial score (nSPS) is 14.9. The Morgan fingerprint density at radius 3 is 2.26 bits per heavy atom. The Hall–Kier alpha value is -2.60. The highest BCUT2D eigenvalue weighted by atomic mass is 28.3. The fourth-order valence-corrected chi connectivity index (χ4v) is 5.15. The number of methoxy groups -OCH3 is 1. The lowest BCUT2D eigenvalue weighted by molar-refractivity contribution is -0.131. The summed E-state index contributed by atoms with van der Waals surface area (Å²) in [6, 6.07) is 16.2. The number of amides is 2. The number of piperidine rings is 1. The van der Waals surface area contributed by atoms with Crippen LogP contribution in [0, 0.1) is 0 Å². The average Bonchev–Trinajstić information content (AvgIpc) is 2.74. The first-order valence-electron chi connectivity index (χ1n) is 11.0. The number of carbonyl (C=O) groups is 2. The zero-order valence-electron chi connectivity index (χ0n) is 19.1. The van der Waals surface area contributed by atoms with Crippen LogP contribution in [0.5, 0.6) is 5.75 Å². The third-order valence-electron chi connectivity index (χ3n) is 5.93. The van der Waals surface area contributed by atoms with Crippen LogP contribution in [-0.4, -0.2) is 51.0 Å². The molecule has 2 amide bonds. The van der Waals surface area contributed by atoms with E-state index in [-0.39, 0.29) is 17.9 Å². The zero-order chi connectivity index (χ0) is 22.4. The van der Waals surface area contributed by atoms with Crippen molar-refractivity contribution in [3.63, 3.8) is 0 Å². The number of benzene rings is 2. The van der Waals surface area contributed by atoms with E-state index in [2.05, 4.69) is 49.2 Å². The molecule has 1 aliphatic heterocycles. The average molecular weight is 439 g/mol. The van der Waals surface area contributed by atoms with E-state index in [1.165, 1.54) is 5.19 Å². The molecular weight excluding hydrogens is 404 g/mol. The predicted molar refractivity (Wildman–Crippen MR) is 128 cm³/mol. The van der Waals surface area contributed by atoms with Gasteiger partial charge in [0.05, 0.1) is 28.0 Å². The van der Waals surface area contributed by atoms with Crippen LogP contribution < -0.4 is 15.2 Å². The highest BCUT2D eigenvalue weighted by Gasteiger charge is 2.24. The van der Waals surface area contributed by atoms with Gasteiger partial charge in [-0.15, -0.1) is 0 Å². The summed E-state index contributed by atoms with van der Waals surface area (Å²) in [7, 11) is 0.306. The summed E-state index contributed by atoms with van der Waals surface area (Å²) in [5.74, 6) is 0.909. The summed E-state index contributed by atoms with van der Waals surface area (Å²) in [4.78, 5) is 27.1. The number of nitrogens with one attached hydrogen (secondary N) is 1. The van der Waals surface area contributed by atoms with Crippen molar-refractivity contribution in [3.05, 3.63) is 59.7 Å². The molecule has 1 heterocycles. The molecule has 0 atom stereocenters. The smallest absolute Gasteiger partial charge is 0.227 e. The molecule has 0 radical (unpaired) electrons. The molecule has 1 saturated heterocycles. The van der Waals surface area contributed by atoms with Crippen molar-refractivity contribution < 1.29 is 14.3 Å². The van der Waals surface area contributed by atoms with Crippen molar-refractivity contribution in [3.8, 4) is 5.75 Å². The second-order valence-electron chi connectivity index (χ2n) is 9.33. The Bertz CT molecular complexity index is 898. The minimum atomic E-state index is -1.32. The van der Waals surface area contributed by atoms with Crippen LogP contribution in [0.15, 0.2) is 48.5 Å². The maximum Gasteiger partial charge on any atom is 0.227 e. The summed E-state index contributed by atoms with van der Waals surface area (Å²) in [6.45, 7) is 8.31. The Labute approximate surface area is 186 Å². The first-order valence-corrected chi connectivity index (χ1v) is 14.5. The van der Waals surface area contributed by atoms with Crippen molar-refractivity contribution in [2.45, 2.75) is 51.4 Å². The lowest BCUT2D eigenvalue weighted by Crippen LogP contribution is -2.47. The molecule has 0 unspecified atom stereocenters. The van der Waals surface area contributed by atoms with E-state index < -0.39 is 8.07 Å². The molecule has 166 valence electrons. The Kier molecular flexibility index (Phi) is 7.54. The van der Waals surface area contributed by atoms with Gasteiger partial charge in [-0.2, -0.15) is 0 Å². The fraction of sp³-hybridized carbons (Fsp3) is 0.440. The maximum atomic E-state index is 12.7. The number of likely N-dealkylation sites (tertiary alicyclic amines) is 1.